The van der Waals surface area contributed by atoms with Crippen molar-refractivity contribution >= 4 is 21.6 Å². The molecule has 1 aliphatic rings. The highest BCUT2D eigenvalue weighted by Gasteiger charge is 2.24. The van der Waals surface area contributed by atoms with Gasteiger partial charge in [0.2, 0.25) is 0 Å². The van der Waals surface area contributed by atoms with Gasteiger partial charge in [0.15, 0.2) is 0 Å². The fraction of sp³-hybridized carbons (Fsp3) is 0.571. The number of aryl methyl sites for hydroxylation is 2. The van der Waals surface area contributed by atoms with Crippen LogP contribution in [0.15, 0.2) is 4.79 Å². The van der Waals surface area contributed by atoms with Crippen molar-refractivity contribution in [2.45, 2.75) is 39.3 Å². The molecule has 3 rings (SSSR count). The Morgan fingerprint density at radius 2 is 2.30 bits per heavy atom. The Morgan fingerprint density at radius 1 is 1.50 bits per heavy atom. The number of hydrogen-bond donors (Lipinski definition) is 2. The average molecular weight is 293 g/mol. The molecule has 2 aromatic heterocycles. The molecular formula is C14H19N3O2S. The number of thiophene rings is 1. The second-order valence-electron chi connectivity index (χ2n) is 5.43. The molecule has 0 unspecified atom stereocenters. The van der Waals surface area contributed by atoms with Crippen molar-refractivity contribution < 1.29 is 5.11 Å². The van der Waals surface area contributed by atoms with Crippen molar-refractivity contribution in [1.29, 1.82) is 0 Å². The largest absolute Gasteiger partial charge is 0.395 e. The monoisotopic (exact) mass is 293 g/mol. The summed E-state index contributed by atoms with van der Waals surface area (Å²) in [6, 6.07) is 0.197. The molecule has 1 saturated heterocycles. The van der Waals surface area contributed by atoms with E-state index in [2.05, 4.69) is 14.9 Å². The Bertz CT molecular complexity index is 692. The van der Waals surface area contributed by atoms with E-state index in [4.69, 9.17) is 0 Å². The summed E-state index contributed by atoms with van der Waals surface area (Å²) in [6.45, 7) is 5.71. The highest BCUT2D eigenvalue weighted by atomic mass is 32.1. The number of aromatic amines is 1. The molecule has 0 radical (unpaired) electrons. The first-order valence-corrected chi connectivity index (χ1v) is 7.75. The number of aliphatic hydroxyl groups excluding tert-OH is 1. The van der Waals surface area contributed by atoms with Crippen LogP contribution in [0.25, 0.3) is 10.2 Å². The maximum atomic E-state index is 12.2. The number of fused-ring (bicyclic) bond motifs is 1. The first-order chi connectivity index (χ1) is 9.60. The van der Waals surface area contributed by atoms with Gasteiger partial charge in [0.25, 0.3) is 5.56 Å². The molecule has 6 heteroatoms. The van der Waals surface area contributed by atoms with Crippen molar-refractivity contribution in [2.24, 2.45) is 0 Å². The van der Waals surface area contributed by atoms with Crippen molar-refractivity contribution in [2.75, 3.05) is 13.2 Å². The van der Waals surface area contributed by atoms with Crippen LogP contribution in [0.2, 0.25) is 0 Å². The summed E-state index contributed by atoms with van der Waals surface area (Å²) in [5.74, 6) is 0.698. The van der Waals surface area contributed by atoms with Gasteiger partial charge in [0, 0.05) is 10.9 Å². The highest BCUT2D eigenvalue weighted by Crippen LogP contribution is 2.26. The Morgan fingerprint density at radius 3 is 3.05 bits per heavy atom. The molecular weight excluding hydrogens is 274 g/mol. The molecule has 2 aromatic rings. The summed E-state index contributed by atoms with van der Waals surface area (Å²) in [4.78, 5) is 23.8. The summed E-state index contributed by atoms with van der Waals surface area (Å²) in [7, 11) is 0. The minimum Gasteiger partial charge on any atom is -0.395 e. The van der Waals surface area contributed by atoms with Gasteiger partial charge in [-0.25, -0.2) is 4.98 Å². The third-order valence-electron chi connectivity index (χ3n) is 4.15. The molecule has 5 nitrogen and oxygen atoms in total. The summed E-state index contributed by atoms with van der Waals surface area (Å²) in [5.41, 5.74) is 0.978. The molecule has 0 saturated carbocycles. The zero-order valence-corrected chi connectivity index (χ0v) is 12.6. The number of rotatable bonds is 3. The number of nitrogens with one attached hydrogen (secondary N) is 1. The molecule has 0 amide bonds. The maximum Gasteiger partial charge on any atom is 0.259 e. The lowest BCUT2D eigenvalue weighted by molar-refractivity contribution is 0.151. The third-order valence-corrected chi connectivity index (χ3v) is 5.25. The van der Waals surface area contributed by atoms with Gasteiger partial charge in [0.1, 0.15) is 10.7 Å². The minimum atomic E-state index is -0.0494. The van der Waals surface area contributed by atoms with Gasteiger partial charge < -0.3 is 10.1 Å². The van der Waals surface area contributed by atoms with Gasteiger partial charge in [-0.05, 0) is 38.8 Å². The standard InChI is InChI=1S/C14H19N3O2S/c1-8-9(2)20-14-12(8)13(19)15-11(16-14)6-17-5-3-4-10(17)7-18/h10,18H,3-7H2,1-2H3,(H,15,16,19)/t10-/m0/s1. The Labute approximate surface area is 121 Å². The van der Waals surface area contributed by atoms with Gasteiger partial charge in [-0.2, -0.15) is 0 Å². The van der Waals surface area contributed by atoms with Gasteiger partial charge in [-0.3, -0.25) is 9.69 Å². The number of H-pyrrole nitrogens is 1. The lowest BCUT2D eigenvalue weighted by atomic mass is 10.2. The van der Waals surface area contributed by atoms with Crippen molar-refractivity contribution in [3.63, 3.8) is 0 Å². The van der Waals surface area contributed by atoms with E-state index in [1.807, 2.05) is 13.8 Å². The third kappa shape index (κ3) is 2.28. The highest BCUT2D eigenvalue weighted by molar-refractivity contribution is 7.18. The number of aromatic nitrogens is 2. The number of aliphatic hydroxyl groups is 1. The topological polar surface area (TPSA) is 69.2 Å². The summed E-state index contributed by atoms with van der Waals surface area (Å²) in [6.07, 6.45) is 2.11. The Balaban J connectivity index is 1.95. The molecule has 1 fully saturated rings. The van der Waals surface area contributed by atoms with E-state index in [-0.39, 0.29) is 18.2 Å². The fourth-order valence-electron chi connectivity index (χ4n) is 2.88. The first-order valence-electron chi connectivity index (χ1n) is 6.94. The minimum absolute atomic E-state index is 0.0494. The van der Waals surface area contributed by atoms with Crippen molar-refractivity contribution in [3.05, 3.63) is 26.6 Å². The van der Waals surface area contributed by atoms with E-state index in [0.717, 1.165) is 40.0 Å². The van der Waals surface area contributed by atoms with E-state index in [1.165, 1.54) is 0 Å². The molecule has 0 aromatic carbocycles. The Hall–Kier alpha value is -1.24. The summed E-state index contributed by atoms with van der Waals surface area (Å²) >= 11 is 1.57. The van der Waals surface area contributed by atoms with E-state index in [9.17, 15) is 9.90 Å². The fourth-order valence-corrected chi connectivity index (χ4v) is 3.93. The van der Waals surface area contributed by atoms with Crippen LogP contribution >= 0.6 is 11.3 Å². The zero-order valence-electron chi connectivity index (χ0n) is 11.8. The molecule has 108 valence electrons. The van der Waals surface area contributed by atoms with Gasteiger partial charge >= 0.3 is 0 Å². The smallest absolute Gasteiger partial charge is 0.259 e. The molecule has 1 atom stereocenters. The molecule has 0 aliphatic carbocycles. The van der Waals surface area contributed by atoms with Gasteiger partial charge in [0.05, 0.1) is 18.5 Å². The second-order valence-corrected chi connectivity index (χ2v) is 6.63. The van der Waals surface area contributed by atoms with Crippen LogP contribution in [-0.2, 0) is 6.54 Å². The van der Waals surface area contributed by atoms with Crippen LogP contribution in [0.3, 0.4) is 0 Å². The van der Waals surface area contributed by atoms with E-state index < -0.39 is 0 Å². The summed E-state index contributed by atoms with van der Waals surface area (Å²) < 4.78 is 0. The van der Waals surface area contributed by atoms with Crippen LogP contribution in [0.5, 0.6) is 0 Å². The maximum absolute atomic E-state index is 12.2. The van der Waals surface area contributed by atoms with Crippen LogP contribution in [0.1, 0.15) is 29.1 Å². The molecule has 0 spiro atoms. The average Bonchev–Trinajstić information content (AvgIpc) is 2.95. The van der Waals surface area contributed by atoms with Crippen molar-refractivity contribution in [1.82, 2.24) is 14.9 Å². The van der Waals surface area contributed by atoms with Crippen LogP contribution in [-0.4, -0.2) is 39.2 Å². The van der Waals surface area contributed by atoms with Crippen molar-refractivity contribution in [3.8, 4) is 0 Å². The molecule has 2 N–H and O–H groups in total. The lowest BCUT2D eigenvalue weighted by Gasteiger charge is -2.21. The van der Waals surface area contributed by atoms with Crippen LogP contribution in [0.4, 0.5) is 0 Å². The molecule has 3 heterocycles. The van der Waals surface area contributed by atoms with Crippen LogP contribution in [0, 0.1) is 13.8 Å². The molecule has 0 bridgehead atoms. The van der Waals surface area contributed by atoms with Gasteiger partial charge in [-0.15, -0.1) is 11.3 Å². The van der Waals surface area contributed by atoms with Crippen LogP contribution < -0.4 is 5.56 Å². The zero-order chi connectivity index (χ0) is 14.3. The number of likely N-dealkylation sites (tertiary alicyclic amines) is 1. The molecule has 20 heavy (non-hydrogen) atoms. The van der Waals surface area contributed by atoms with Gasteiger partial charge in [-0.1, -0.05) is 0 Å². The summed E-state index contributed by atoms with van der Waals surface area (Å²) in [5, 5.41) is 10.1. The molecule has 1 aliphatic heterocycles. The van der Waals surface area contributed by atoms with E-state index >= 15 is 0 Å². The predicted octanol–water partition coefficient (Wildman–Crippen LogP) is 1.56. The first kappa shape index (κ1) is 13.7. The second kappa shape index (κ2) is 5.27. The predicted molar refractivity (Wildman–Crippen MR) is 80.2 cm³/mol. The number of hydrogen-bond acceptors (Lipinski definition) is 5. The SMILES string of the molecule is Cc1sc2nc(CN3CCC[C@H]3CO)[nH]c(=O)c2c1C. The van der Waals surface area contributed by atoms with E-state index in [1.54, 1.807) is 11.3 Å². The Kier molecular flexibility index (Phi) is 3.62. The number of nitrogens with zero attached hydrogens (tertiary/aromatic N) is 2. The quantitative estimate of drug-likeness (QED) is 0.901. The van der Waals surface area contributed by atoms with E-state index in [0.29, 0.717) is 12.4 Å². The normalized spacial score (nSPS) is 20.1. The lowest BCUT2D eigenvalue weighted by Crippen LogP contribution is -2.32.